The van der Waals surface area contributed by atoms with E-state index in [1.807, 2.05) is 30.3 Å². The van der Waals surface area contributed by atoms with Crippen LogP contribution in [0.4, 0.5) is 0 Å². The smallest absolute Gasteiger partial charge is 0.267 e. The third kappa shape index (κ3) is 3.89. The zero-order valence-electron chi connectivity index (χ0n) is 13.5. The van der Waals surface area contributed by atoms with Crippen LogP contribution in [0.2, 0.25) is 0 Å². The van der Waals surface area contributed by atoms with Gasteiger partial charge < -0.3 is 14.9 Å². The Labute approximate surface area is 136 Å². The van der Waals surface area contributed by atoms with Gasteiger partial charge in [-0.05, 0) is 12.5 Å². The maximum Gasteiger partial charge on any atom is 0.267 e. The molecule has 124 valence electrons. The van der Waals surface area contributed by atoms with Crippen LogP contribution in [0, 0.1) is 0 Å². The molecule has 2 aliphatic rings. The van der Waals surface area contributed by atoms with Gasteiger partial charge in [0, 0.05) is 32.6 Å². The Balaban J connectivity index is 1.48. The topological polar surface area (TPSA) is 63.2 Å². The van der Waals surface area contributed by atoms with Gasteiger partial charge in [-0.15, -0.1) is 0 Å². The Morgan fingerprint density at radius 1 is 1.30 bits per heavy atom. The molecule has 6 heteroatoms. The quantitative estimate of drug-likeness (QED) is 0.881. The van der Waals surface area contributed by atoms with Crippen LogP contribution in [0.15, 0.2) is 35.5 Å². The number of nitrogens with one attached hydrogen (secondary N) is 1. The maximum absolute atomic E-state index is 12.4. The third-order valence-electron chi connectivity index (χ3n) is 4.27. The van der Waals surface area contributed by atoms with Crippen LogP contribution in [-0.4, -0.2) is 61.5 Å². The number of morpholine rings is 1. The molecule has 0 aliphatic carbocycles. The van der Waals surface area contributed by atoms with Crippen LogP contribution in [0.5, 0.6) is 0 Å². The molecule has 1 aromatic carbocycles. The molecule has 23 heavy (non-hydrogen) atoms. The lowest BCUT2D eigenvalue weighted by molar-refractivity contribution is -0.141. The summed E-state index contributed by atoms with van der Waals surface area (Å²) in [6.07, 6.45) is 0.487. The Morgan fingerprint density at radius 2 is 2.04 bits per heavy atom. The molecule has 1 amide bonds. The van der Waals surface area contributed by atoms with E-state index in [-0.39, 0.29) is 5.91 Å². The highest BCUT2D eigenvalue weighted by molar-refractivity contribution is 6.05. The van der Waals surface area contributed by atoms with E-state index in [9.17, 15) is 4.79 Å². The minimum Gasteiger partial charge on any atom is -0.379 e. The van der Waals surface area contributed by atoms with Gasteiger partial charge in [-0.1, -0.05) is 35.5 Å². The summed E-state index contributed by atoms with van der Waals surface area (Å²) in [5.41, 5.74) is 0.893. The summed E-state index contributed by atoms with van der Waals surface area (Å²) in [5.74, 6) is -0.111. The van der Waals surface area contributed by atoms with Gasteiger partial charge in [-0.3, -0.25) is 9.69 Å². The lowest BCUT2D eigenvalue weighted by Gasteiger charge is -2.27. The van der Waals surface area contributed by atoms with Gasteiger partial charge in [0.1, 0.15) is 0 Å². The second-order valence-corrected chi connectivity index (χ2v) is 6.11. The number of ether oxygens (including phenoxy) is 1. The number of amides is 1. The second kappa shape index (κ2) is 7.10. The van der Waals surface area contributed by atoms with E-state index < -0.39 is 5.60 Å². The van der Waals surface area contributed by atoms with E-state index in [1.165, 1.54) is 0 Å². The van der Waals surface area contributed by atoms with Gasteiger partial charge in [-0.2, -0.15) is 0 Å². The molecule has 1 atom stereocenters. The summed E-state index contributed by atoms with van der Waals surface area (Å²) in [4.78, 5) is 20.2. The predicted molar refractivity (Wildman–Crippen MR) is 87.4 cm³/mol. The highest BCUT2D eigenvalue weighted by atomic mass is 16.7. The molecule has 0 saturated carbocycles. The van der Waals surface area contributed by atoms with Crippen molar-refractivity contribution in [3.63, 3.8) is 0 Å². The molecule has 1 fully saturated rings. The lowest BCUT2D eigenvalue weighted by Crippen LogP contribution is -2.48. The standard InChI is InChI=1S/C17H23N3O3/c1-17(13-15(19-23-17)14-5-3-2-4-6-14)16(21)18-7-8-20-9-11-22-12-10-20/h2-6H,7-13H2,1H3,(H,18,21)/t17-/m0/s1. The summed E-state index contributed by atoms with van der Waals surface area (Å²) < 4.78 is 5.31. The molecule has 2 heterocycles. The van der Waals surface area contributed by atoms with Crippen LogP contribution in [0.25, 0.3) is 0 Å². The van der Waals surface area contributed by atoms with Crippen LogP contribution in [-0.2, 0) is 14.4 Å². The van der Waals surface area contributed by atoms with Crippen molar-refractivity contribution in [3.8, 4) is 0 Å². The monoisotopic (exact) mass is 317 g/mol. The van der Waals surface area contributed by atoms with Crippen molar-refractivity contribution < 1.29 is 14.4 Å². The van der Waals surface area contributed by atoms with Crippen molar-refractivity contribution >= 4 is 11.6 Å². The average Bonchev–Trinajstić information content (AvgIpc) is 3.00. The number of oxime groups is 1. The van der Waals surface area contributed by atoms with Crippen LogP contribution >= 0.6 is 0 Å². The van der Waals surface area contributed by atoms with Gasteiger partial charge in [-0.25, -0.2) is 0 Å². The van der Waals surface area contributed by atoms with Gasteiger partial charge in [0.05, 0.1) is 18.9 Å². The minimum absolute atomic E-state index is 0.111. The summed E-state index contributed by atoms with van der Waals surface area (Å²) >= 11 is 0. The number of nitrogens with zero attached hydrogens (tertiary/aromatic N) is 2. The predicted octanol–water partition coefficient (Wildman–Crippen LogP) is 1.02. The summed E-state index contributed by atoms with van der Waals surface area (Å²) in [7, 11) is 0. The number of benzene rings is 1. The van der Waals surface area contributed by atoms with Gasteiger partial charge >= 0.3 is 0 Å². The van der Waals surface area contributed by atoms with E-state index in [1.54, 1.807) is 6.92 Å². The van der Waals surface area contributed by atoms with E-state index in [0.29, 0.717) is 13.0 Å². The van der Waals surface area contributed by atoms with E-state index in [4.69, 9.17) is 9.57 Å². The van der Waals surface area contributed by atoms with E-state index in [2.05, 4.69) is 15.4 Å². The van der Waals surface area contributed by atoms with E-state index in [0.717, 1.165) is 44.1 Å². The number of hydrogen-bond donors (Lipinski definition) is 1. The molecule has 1 aromatic rings. The number of carbonyl (C=O) groups is 1. The normalized spacial score (nSPS) is 24.8. The Hall–Kier alpha value is -1.92. The average molecular weight is 317 g/mol. The molecule has 0 radical (unpaired) electrons. The zero-order valence-corrected chi connectivity index (χ0v) is 13.5. The lowest BCUT2D eigenvalue weighted by atomic mass is 9.95. The molecular formula is C17H23N3O3. The first-order valence-electron chi connectivity index (χ1n) is 8.06. The fraction of sp³-hybridized carbons (Fsp3) is 0.529. The van der Waals surface area contributed by atoms with Gasteiger partial charge in [0.15, 0.2) is 0 Å². The van der Waals surface area contributed by atoms with Crippen molar-refractivity contribution in [1.82, 2.24) is 10.2 Å². The molecule has 2 aliphatic heterocycles. The third-order valence-corrected chi connectivity index (χ3v) is 4.27. The fourth-order valence-electron chi connectivity index (χ4n) is 2.79. The van der Waals surface area contributed by atoms with Crippen molar-refractivity contribution in [2.24, 2.45) is 5.16 Å². The van der Waals surface area contributed by atoms with E-state index >= 15 is 0 Å². The molecule has 1 N–H and O–H groups in total. The van der Waals surface area contributed by atoms with Gasteiger partial charge in [0.2, 0.25) is 5.60 Å². The Morgan fingerprint density at radius 3 is 2.78 bits per heavy atom. The number of carbonyl (C=O) groups excluding carboxylic acids is 1. The second-order valence-electron chi connectivity index (χ2n) is 6.11. The van der Waals surface area contributed by atoms with Crippen molar-refractivity contribution in [2.75, 3.05) is 39.4 Å². The zero-order chi connectivity index (χ0) is 16.1. The Kier molecular flexibility index (Phi) is 4.93. The summed E-state index contributed by atoms with van der Waals surface area (Å²) in [5, 5.41) is 7.07. The molecule has 1 saturated heterocycles. The first-order chi connectivity index (χ1) is 11.2. The summed E-state index contributed by atoms with van der Waals surface area (Å²) in [6.45, 7) is 6.61. The SMILES string of the molecule is C[C@@]1(C(=O)NCCN2CCOCC2)CC(c2ccccc2)=NO1. The number of hydrogen-bond acceptors (Lipinski definition) is 5. The van der Waals surface area contributed by atoms with Crippen molar-refractivity contribution in [3.05, 3.63) is 35.9 Å². The molecule has 0 spiro atoms. The maximum atomic E-state index is 12.4. The molecular weight excluding hydrogens is 294 g/mol. The first-order valence-corrected chi connectivity index (χ1v) is 8.06. The Bertz CT molecular complexity index is 570. The molecule has 3 rings (SSSR count). The highest BCUT2D eigenvalue weighted by Crippen LogP contribution is 2.26. The number of rotatable bonds is 5. The van der Waals surface area contributed by atoms with Crippen LogP contribution in [0.3, 0.4) is 0 Å². The van der Waals surface area contributed by atoms with Gasteiger partial charge in [0.25, 0.3) is 5.91 Å². The first kappa shape index (κ1) is 16.0. The largest absolute Gasteiger partial charge is 0.379 e. The summed E-state index contributed by atoms with van der Waals surface area (Å²) in [6, 6.07) is 9.82. The molecule has 0 aromatic heterocycles. The molecule has 6 nitrogen and oxygen atoms in total. The van der Waals surface area contributed by atoms with Crippen molar-refractivity contribution in [1.29, 1.82) is 0 Å². The molecule has 0 bridgehead atoms. The molecule has 0 unspecified atom stereocenters. The van der Waals surface area contributed by atoms with Crippen LogP contribution < -0.4 is 5.32 Å². The van der Waals surface area contributed by atoms with Crippen molar-refractivity contribution in [2.45, 2.75) is 18.9 Å². The highest BCUT2D eigenvalue weighted by Gasteiger charge is 2.42. The fourth-order valence-corrected chi connectivity index (χ4v) is 2.79. The minimum atomic E-state index is -0.920. The van der Waals surface area contributed by atoms with Crippen LogP contribution in [0.1, 0.15) is 18.9 Å².